The predicted molar refractivity (Wildman–Crippen MR) is 89.1 cm³/mol. The van der Waals surface area contributed by atoms with Crippen molar-refractivity contribution in [2.24, 2.45) is 5.92 Å². The van der Waals surface area contributed by atoms with Crippen LogP contribution < -0.4 is 0 Å². The van der Waals surface area contributed by atoms with Crippen molar-refractivity contribution in [3.63, 3.8) is 0 Å². The monoisotopic (exact) mass is 321 g/mol. The van der Waals surface area contributed by atoms with Gasteiger partial charge in [0, 0.05) is 19.5 Å². The van der Waals surface area contributed by atoms with Crippen LogP contribution >= 0.6 is 0 Å². The molecule has 1 aliphatic heterocycles. The Morgan fingerprint density at radius 2 is 1.82 bits per heavy atom. The summed E-state index contributed by atoms with van der Waals surface area (Å²) >= 11 is 0. The van der Waals surface area contributed by atoms with Gasteiger partial charge in [0.25, 0.3) is 0 Å². The van der Waals surface area contributed by atoms with Crippen LogP contribution in [0.2, 0.25) is 0 Å². The van der Waals surface area contributed by atoms with Gasteiger partial charge < -0.3 is 4.90 Å². The lowest BCUT2D eigenvalue weighted by molar-refractivity contribution is -0.134. The second-order valence-corrected chi connectivity index (χ2v) is 8.33. The Labute approximate surface area is 132 Å². The Balaban J connectivity index is 1.93. The smallest absolute Gasteiger partial charge is 0.225 e. The topological polar surface area (TPSA) is 54.5 Å². The Hall–Kier alpha value is -1.62. The van der Waals surface area contributed by atoms with E-state index in [1.807, 2.05) is 37.3 Å². The standard InChI is InChI=1S/C17H23NO3S/c1-14(12-15-6-4-3-5-7-15)13-18(2)17(19)16-8-10-22(20,21)11-9-16/h3-7,12,16H,8-11,13H2,1-2H3/b14-12+. The average molecular weight is 321 g/mol. The van der Waals surface area contributed by atoms with Gasteiger partial charge in [-0.15, -0.1) is 0 Å². The van der Waals surface area contributed by atoms with Gasteiger partial charge in [0.1, 0.15) is 9.84 Å². The minimum Gasteiger partial charge on any atom is -0.342 e. The number of benzene rings is 1. The minimum absolute atomic E-state index is 0.0516. The molecule has 120 valence electrons. The first-order valence-electron chi connectivity index (χ1n) is 7.55. The van der Waals surface area contributed by atoms with Crippen LogP contribution in [0.5, 0.6) is 0 Å². The maximum atomic E-state index is 12.4. The highest BCUT2D eigenvalue weighted by molar-refractivity contribution is 7.91. The molecule has 1 aromatic carbocycles. The van der Waals surface area contributed by atoms with Gasteiger partial charge in [0.15, 0.2) is 0 Å². The maximum absolute atomic E-state index is 12.4. The van der Waals surface area contributed by atoms with Crippen molar-refractivity contribution in [2.45, 2.75) is 19.8 Å². The lowest BCUT2D eigenvalue weighted by Gasteiger charge is -2.26. The second-order valence-electron chi connectivity index (χ2n) is 6.02. The SMILES string of the molecule is C/C(=C\c1ccccc1)CN(C)C(=O)C1CCS(=O)(=O)CC1. The van der Waals surface area contributed by atoms with E-state index in [1.54, 1.807) is 11.9 Å². The molecule has 0 atom stereocenters. The third-order valence-corrected chi connectivity index (χ3v) is 5.69. The first-order valence-corrected chi connectivity index (χ1v) is 9.37. The minimum atomic E-state index is -2.92. The molecule has 0 spiro atoms. The highest BCUT2D eigenvalue weighted by Crippen LogP contribution is 2.21. The highest BCUT2D eigenvalue weighted by atomic mass is 32.2. The Bertz CT molecular complexity index is 636. The van der Waals surface area contributed by atoms with Gasteiger partial charge in [-0.1, -0.05) is 42.0 Å². The fraction of sp³-hybridized carbons (Fsp3) is 0.471. The van der Waals surface area contributed by atoms with Crippen LogP contribution in [0, 0.1) is 5.92 Å². The molecule has 22 heavy (non-hydrogen) atoms. The number of rotatable bonds is 4. The van der Waals surface area contributed by atoms with Gasteiger partial charge in [-0.2, -0.15) is 0 Å². The molecule has 0 aliphatic carbocycles. The molecule has 4 nitrogen and oxygen atoms in total. The number of nitrogens with zero attached hydrogens (tertiary/aromatic N) is 1. The molecule has 1 aliphatic rings. The summed E-state index contributed by atoms with van der Waals surface area (Å²) in [6, 6.07) is 9.99. The molecular weight excluding hydrogens is 298 g/mol. The van der Waals surface area contributed by atoms with Crippen molar-refractivity contribution >= 4 is 21.8 Å². The molecule has 0 bridgehead atoms. The van der Waals surface area contributed by atoms with Gasteiger partial charge in [-0.05, 0) is 25.3 Å². The highest BCUT2D eigenvalue weighted by Gasteiger charge is 2.30. The van der Waals surface area contributed by atoms with Crippen molar-refractivity contribution < 1.29 is 13.2 Å². The largest absolute Gasteiger partial charge is 0.342 e. The van der Waals surface area contributed by atoms with E-state index in [0.717, 1.165) is 11.1 Å². The summed E-state index contributed by atoms with van der Waals surface area (Å²) in [5.74, 6) is 0.167. The number of hydrogen-bond donors (Lipinski definition) is 0. The fourth-order valence-corrected chi connectivity index (χ4v) is 4.27. The summed E-state index contributed by atoms with van der Waals surface area (Å²) in [6.07, 6.45) is 2.97. The molecule has 0 aromatic heterocycles. The third-order valence-electron chi connectivity index (χ3n) is 3.98. The van der Waals surface area contributed by atoms with Gasteiger partial charge in [-0.25, -0.2) is 8.42 Å². The van der Waals surface area contributed by atoms with Crippen molar-refractivity contribution in [1.82, 2.24) is 4.90 Å². The van der Waals surface area contributed by atoms with Crippen LogP contribution in [-0.2, 0) is 14.6 Å². The van der Waals surface area contributed by atoms with E-state index in [0.29, 0.717) is 19.4 Å². The fourth-order valence-electron chi connectivity index (χ4n) is 2.78. The molecule has 5 heteroatoms. The first kappa shape index (κ1) is 16.7. The van der Waals surface area contributed by atoms with Gasteiger partial charge in [0.05, 0.1) is 11.5 Å². The Morgan fingerprint density at radius 3 is 2.41 bits per heavy atom. The lowest BCUT2D eigenvalue weighted by atomic mass is 10.0. The van der Waals surface area contributed by atoms with E-state index in [4.69, 9.17) is 0 Å². The molecule has 1 heterocycles. The maximum Gasteiger partial charge on any atom is 0.225 e. The number of likely N-dealkylation sites (N-methyl/N-ethyl adjacent to an activating group) is 1. The molecule has 1 aromatic rings. The van der Waals surface area contributed by atoms with Crippen LogP contribution in [-0.4, -0.2) is 44.3 Å². The number of carbonyl (C=O) groups excluding carboxylic acids is 1. The van der Waals surface area contributed by atoms with Crippen LogP contribution in [0.1, 0.15) is 25.3 Å². The quantitative estimate of drug-likeness (QED) is 0.855. The zero-order valence-corrected chi connectivity index (χ0v) is 14.0. The molecule has 2 rings (SSSR count). The summed E-state index contributed by atoms with van der Waals surface area (Å²) in [4.78, 5) is 14.1. The van der Waals surface area contributed by atoms with E-state index in [9.17, 15) is 13.2 Å². The summed E-state index contributed by atoms with van der Waals surface area (Å²) in [5.41, 5.74) is 2.22. The third kappa shape index (κ3) is 4.70. The lowest BCUT2D eigenvalue weighted by Crippen LogP contribution is -2.38. The summed E-state index contributed by atoms with van der Waals surface area (Å²) in [7, 11) is -1.14. The van der Waals surface area contributed by atoms with E-state index in [-0.39, 0.29) is 23.3 Å². The predicted octanol–water partition coefficient (Wildman–Crippen LogP) is 2.37. The van der Waals surface area contributed by atoms with Crippen LogP contribution in [0.4, 0.5) is 0 Å². The Morgan fingerprint density at radius 1 is 1.23 bits per heavy atom. The molecule has 0 N–H and O–H groups in total. The molecular formula is C17H23NO3S. The molecule has 0 unspecified atom stereocenters. The number of sulfone groups is 1. The van der Waals surface area contributed by atoms with Crippen LogP contribution in [0.3, 0.4) is 0 Å². The number of amides is 1. The number of hydrogen-bond acceptors (Lipinski definition) is 3. The van der Waals surface area contributed by atoms with Crippen LogP contribution in [0.25, 0.3) is 6.08 Å². The van der Waals surface area contributed by atoms with E-state index in [2.05, 4.69) is 6.08 Å². The van der Waals surface area contributed by atoms with Gasteiger partial charge in [-0.3, -0.25) is 4.79 Å². The van der Waals surface area contributed by atoms with E-state index >= 15 is 0 Å². The van der Waals surface area contributed by atoms with E-state index < -0.39 is 9.84 Å². The summed E-state index contributed by atoms with van der Waals surface area (Å²) in [6.45, 7) is 2.57. The van der Waals surface area contributed by atoms with Crippen LogP contribution in [0.15, 0.2) is 35.9 Å². The van der Waals surface area contributed by atoms with Crippen molar-refractivity contribution in [3.8, 4) is 0 Å². The zero-order valence-electron chi connectivity index (χ0n) is 13.2. The van der Waals surface area contributed by atoms with Crippen molar-refractivity contribution in [2.75, 3.05) is 25.1 Å². The second kappa shape index (κ2) is 7.09. The zero-order chi connectivity index (χ0) is 16.2. The normalized spacial score (nSPS) is 18.9. The van der Waals surface area contributed by atoms with Gasteiger partial charge >= 0.3 is 0 Å². The summed E-state index contributed by atoms with van der Waals surface area (Å²) in [5, 5.41) is 0. The number of carbonyl (C=O) groups is 1. The van der Waals surface area contributed by atoms with Crippen molar-refractivity contribution in [1.29, 1.82) is 0 Å². The van der Waals surface area contributed by atoms with E-state index in [1.165, 1.54) is 0 Å². The van der Waals surface area contributed by atoms with Crippen molar-refractivity contribution in [3.05, 3.63) is 41.5 Å². The first-order chi connectivity index (χ1) is 10.4. The average Bonchev–Trinajstić information content (AvgIpc) is 2.47. The molecule has 0 radical (unpaired) electrons. The Kier molecular flexibility index (Phi) is 5.40. The molecule has 1 fully saturated rings. The van der Waals surface area contributed by atoms with Gasteiger partial charge in [0.2, 0.25) is 5.91 Å². The molecule has 1 amide bonds. The molecule has 1 saturated heterocycles. The molecule has 0 saturated carbocycles. The summed E-state index contributed by atoms with van der Waals surface area (Å²) < 4.78 is 22.9.